The minimum Gasteiger partial charge on any atom is -0.449 e. The number of carbonyl (C=O) groups is 1. The Hall–Kier alpha value is -3.25. The Bertz CT molecular complexity index is 988. The Labute approximate surface area is 166 Å². The molecule has 1 unspecified atom stereocenters. The van der Waals surface area contributed by atoms with Gasteiger partial charge in [-0.15, -0.1) is 0 Å². The van der Waals surface area contributed by atoms with Crippen molar-refractivity contribution in [1.29, 1.82) is 0 Å². The molecule has 1 amide bonds. The standard InChI is InChI=1S/C23H19F2NO3/c24-19-10-5-11-20(25)22(19)21(12-27)26-23(28)29-13-18-16-8-3-1-6-14(16)15-7-2-4-9-17(15)18/h1-11,18,21,27H,12-13H2,(H,26,28). The van der Waals surface area contributed by atoms with Gasteiger partial charge < -0.3 is 15.2 Å². The average molecular weight is 395 g/mol. The third-order valence-corrected chi connectivity index (χ3v) is 5.17. The van der Waals surface area contributed by atoms with Crippen LogP contribution in [0, 0.1) is 11.6 Å². The monoisotopic (exact) mass is 395 g/mol. The highest BCUT2D eigenvalue weighted by molar-refractivity contribution is 5.79. The first-order valence-electron chi connectivity index (χ1n) is 9.26. The van der Waals surface area contributed by atoms with Crippen molar-refractivity contribution in [1.82, 2.24) is 5.32 Å². The molecule has 6 heteroatoms. The molecule has 4 nitrogen and oxygen atoms in total. The number of fused-ring (bicyclic) bond motifs is 3. The highest BCUT2D eigenvalue weighted by Crippen LogP contribution is 2.44. The SMILES string of the molecule is O=C(NC(CO)c1c(F)cccc1F)OCC1c2ccccc2-c2ccccc21. The summed E-state index contributed by atoms with van der Waals surface area (Å²) in [5.41, 5.74) is 3.90. The Morgan fingerprint density at radius 1 is 0.931 bits per heavy atom. The van der Waals surface area contributed by atoms with Gasteiger partial charge in [0.2, 0.25) is 0 Å². The fourth-order valence-corrected chi connectivity index (χ4v) is 3.84. The van der Waals surface area contributed by atoms with Crippen molar-refractivity contribution in [2.24, 2.45) is 0 Å². The van der Waals surface area contributed by atoms with Gasteiger partial charge in [-0.25, -0.2) is 13.6 Å². The second-order valence-electron chi connectivity index (χ2n) is 6.84. The van der Waals surface area contributed by atoms with Crippen molar-refractivity contribution >= 4 is 6.09 Å². The molecule has 1 atom stereocenters. The van der Waals surface area contributed by atoms with Crippen LogP contribution < -0.4 is 5.32 Å². The molecule has 0 aliphatic heterocycles. The molecule has 1 aliphatic carbocycles. The molecule has 148 valence electrons. The summed E-state index contributed by atoms with van der Waals surface area (Å²) >= 11 is 0. The van der Waals surface area contributed by atoms with Crippen LogP contribution in [0.1, 0.15) is 28.7 Å². The number of alkyl carbamates (subject to hydrolysis) is 1. The van der Waals surface area contributed by atoms with Crippen molar-refractivity contribution in [3.05, 3.63) is 95.1 Å². The van der Waals surface area contributed by atoms with E-state index in [0.717, 1.165) is 34.4 Å². The number of hydrogen-bond acceptors (Lipinski definition) is 3. The third kappa shape index (κ3) is 3.59. The van der Waals surface area contributed by atoms with E-state index in [1.54, 1.807) is 0 Å². The highest BCUT2D eigenvalue weighted by Gasteiger charge is 2.29. The van der Waals surface area contributed by atoms with Gasteiger partial charge in [0.05, 0.1) is 12.6 Å². The highest BCUT2D eigenvalue weighted by atomic mass is 19.1. The lowest BCUT2D eigenvalue weighted by Gasteiger charge is -2.19. The summed E-state index contributed by atoms with van der Waals surface area (Å²) in [4.78, 5) is 12.3. The van der Waals surface area contributed by atoms with E-state index in [2.05, 4.69) is 5.32 Å². The van der Waals surface area contributed by atoms with E-state index < -0.39 is 35.9 Å². The molecule has 0 saturated carbocycles. The maximum atomic E-state index is 14.0. The van der Waals surface area contributed by atoms with Crippen molar-refractivity contribution < 1.29 is 23.4 Å². The van der Waals surface area contributed by atoms with Crippen LogP contribution in [-0.2, 0) is 4.74 Å². The van der Waals surface area contributed by atoms with Crippen molar-refractivity contribution in [3.63, 3.8) is 0 Å². The van der Waals surface area contributed by atoms with E-state index in [-0.39, 0.29) is 12.5 Å². The van der Waals surface area contributed by atoms with Gasteiger partial charge in [0.25, 0.3) is 0 Å². The van der Waals surface area contributed by atoms with Crippen molar-refractivity contribution in [2.75, 3.05) is 13.2 Å². The topological polar surface area (TPSA) is 58.6 Å². The Kier molecular flexibility index (Phi) is 5.27. The molecule has 0 saturated heterocycles. The number of aliphatic hydroxyl groups is 1. The molecule has 3 aromatic rings. The van der Waals surface area contributed by atoms with Gasteiger partial charge in [0.15, 0.2) is 0 Å². The largest absolute Gasteiger partial charge is 0.449 e. The summed E-state index contributed by atoms with van der Waals surface area (Å²) in [7, 11) is 0. The second kappa shape index (κ2) is 8.01. The molecule has 2 N–H and O–H groups in total. The number of rotatable bonds is 5. The van der Waals surface area contributed by atoms with Crippen LogP contribution in [0.4, 0.5) is 13.6 Å². The number of nitrogens with one attached hydrogen (secondary N) is 1. The molecule has 0 heterocycles. The number of benzene rings is 3. The van der Waals surface area contributed by atoms with Crippen LogP contribution in [0.2, 0.25) is 0 Å². The predicted octanol–water partition coefficient (Wildman–Crippen LogP) is 4.54. The third-order valence-electron chi connectivity index (χ3n) is 5.17. The van der Waals surface area contributed by atoms with Crippen LogP contribution in [0.25, 0.3) is 11.1 Å². The molecule has 0 aromatic heterocycles. The van der Waals surface area contributed by atoms with Gasteiger partial charge >= 0.3 is 6.09 Å². The van der Waals surface area contributed by atoms with Gasteiger partial charge in [-0.1, -0.05) is 54.6 Å². The number of halogens is 2. The van der Waals surface area contributed by atoms with E-state index in [9.17, 15) is 18.7 Å². The molecule has 0 spiro atoms. The number of carbonyl (C=O) groups excluding carboxylic acids is 1. The van der Waals surface area contributed by atoms with Crippen LogP contribution in [0.15, 0.2) is 66.7 Å². The van der Waals surface area contributed by atoms with Crippen LogP contribution in [-0.4, -0.2) is 24.4 Å². The molecule has 0 bridgehead atoms. The summed E-state index contributed by atoms with van der Waals surface area (Å²) in [5.74, 6) is -1.82. The van der Waals surface area contributed by atoms with Gasteiger partial charge in [-0.3, -0.25) is 0 Å². The lowest BCUT2D eigenvalue weighted by atomic mass is 9.98. The zero-order chi connectivity index (χ0) is 20.4. The number of amides is 1. The normalized spacial score (nSPS) is 13.5. The molecule has 29 heavy (non-hydrogen) atoms. The maximum Gasteiger partial charge on any atom is 0.407 e. The molecular weight excluding hydrogens is 376 g/mol. The molecule has 4 rings (SSSR count). The van der Waals surface area contributed by atoms with E-state index in [4.69, 9.17) is 4.74 Å². The van der Waals surface area contributed by atoms with E-state index in [1.807, 2.05) is 48.5 Å². The van der Waals surface area contributed by atoms with Gasteiger partial charge in [-0.05, 0) is 34.4 Å². The second-order valence-corrected chi connectivity index (χ2v) is 6.84. The summed E-state index contributed by atoms with van der Waals surface area (Å²) in [5, 5.41) is 11.9. The first-order chi connectivity index (χ1) is 14.1. The van der Waals surface area contributed by atoms with Crippen LogP contribution in [0.5, 0.6) is 0 Å². The zero-order valence-electron chi connectivity index (χ0n) is 15.4. The molecule has 0 fully saturated rings. The van der Waals surface area contributed by atoms with Gasteiger partial charge in [-0.2, -0.15) is 0 Å². The number of ether oxygens (including phenoxy) is 1. The number of aliphatic hydroxyl groups excluding tert-OH is 1. The molecule has 1 aliphatic rings. The van der Waals surface area contributed by atoms with Crippen LogP contribution in [0.3, 0.4) is 0 Å². The first kappa shape index (κ1) is 19.1. The Morgan fingerprint density at radius 3 is 2.03 bits per heavy atom. The number of hydrogen-bond donors (Lipinski definition) is 2. The summed E-state index contributed by atoms with van der Waals surface area (Å²) in [6.45, 7) is -0.597. The minimum atomic E-state index is -1.24. The Morgan fingerprint density at radius 2 is 1.48 bits per heavy atom. The molecule has 0 radical (unpaired) electrons. The lowest BCUT2D eigenvalue weighted by Crippen LogP contribution is -2.33. The van der Waals surface area contributed by atoms with E-state index in [0.29, 0.717) is 0 Å². The fourth-order valence-electron chi connectivity index (χ4n) is 3.84. The summed E-state index contributed by atoms with van der Waals surface area (Å²) in [6.07, 6.45) is -0.853. The summed E-state index contributed by atoms with van der Waals surface area (Å²) < 4.78 is 33.3. The lowest BCUT2D eigenvalue weighted by molar-refractivity contribution is 0.131. The Balaban J connectivity index is 1.49. The predicted molar refractivity (Wildman–Crippen MR) is 104 cm³/mol. The minimum absolute atomic E-state index is 0.0672. The van der Waals surface area contributed by atoms with Gasteiger partial charge in [0, 0.05) is 11.5 Å². The van der Waals surface area contributed by atoms with Gasteiger partial charge in [0.1, 0.15) is 18.2 Å². The van der Waals surface area contributed by atoms with Crippen molar-refractivity contribution in [3.8, 4) is 11.1 Å². The maximum absolute atomic E-state index is 14.0. The average Bonchev–Trinajstić information content (AvgIpc) is 3.05. The van der Waals surface area contributed by atoms with E-state index >= 15 is 0 Å². The van der Waals surface area contributed by atoms with Crippen LogP contribution >= 0.6 is 0 Å². The molecular formula is C23H19F2NO3. The summed E-state index contributed by atoms with van der Waals surface area (Å²) in [6, 6.07) is 17.9. The quantitative estimate of drug-likeness (QED) is 0.667. The zero-order valence-corrected chi connectivity index (χ0v) is 15.4. The fraction of sp³-hybridized carbons (Fsp3) is 0.174. The van der Waals surface area contributed by atoms with E-state index in [1.165, 1.54) is 6.07 Å². The smallest absolute Gasteiger partial charge is 0.407 e. The molecule has 3 aromatic carbocycles. The first-order valence-corrected chi connectivity index (χ1v) is 9.26. The van der Waals surface area contributed by atoms with Crippen molar-refractivity contribution in [2.45, 2.75) is 12.0 Å².